The Labute approximate surface area is 594 Å². The number of aliphatic hydroxyl groups excluding tert-OH is 15. The lowest BCUT2D eigenvalue weighted by Gasteiger charge is -2.49. The average Bonchev–Trinajstić information content (AvgIpc) is 0.777. The van der Waals surface area contributed by atoms with Crippen LogP contribution in [0.15, 0.2) is 0 Å². The number of esters is 2. The van der Waals surface area contributed by atoms with Crippen LogP contribution >= 0.6 is 15.6 Å². The van der Waals surface area contributed by atoms with Gasteiger partial charge in [-0.25, -0.2) is 9.13 Å². The third-order valence-electron chi connectivity index (χ3n) is 18.6. The number of aliphatic hydroxyl groups is 15. The zero-order chi connectivity index (χ0) is 75.3. The molecule has 0 aromatic rings. The molecule has 0 bridgehead atoms. The number of carbonyl (C=O) groups is 2. The highest BCUT2D eigenvalue weighted by Crippen LogP contribution is 2.48. The molecule has 39 heteroatoms. The number of rotatable bonds is 49. The van der Waals surface area contributed by atoms with Crippen molar-refractivity contribution in [3.63, 3.8) is 0 Å². The maximum absolute atomic E-state index is 13.9. The highest BCUT2D eigenvalue weighted by atomic mass is 31.2. The fraction of sp³-hybridized carbons (Fsp3) is 0.968. The fourth-order valence-corrected chi connectivity index (χ4v) is 14.1. The molecule has 1 saturated carbocycles. The van der Waals surface area contributed by atoms with Crippen LogP contribution in [0.3, 0.4) is 0 Å². The Morgan fingerprint density at radius 1 is 0.412 bits per heavy atom. The van der Waals surface area contributed by atoms with E-state index in [1.165, 1.54) is 64.2 Å². The molecule has 5 fully saturated rings. The molecule has 0 spiro atoms. The quantitative estimate of drug-likeness (QED) is 0.0170. The van der Waals surface area contributed by atoms with Crippen molar-refractivity contribution < 1.29 is 171 Å². The summed E-state index contributed by atoms with van der Waals surface area (Å²) >= 11 is 0. The summed E-state index contributed by atoms with van der Waals surface area (Å²) in [5.41, 5.74) is 11.7. The van der Waals surface area contributed by atoms with Crippen LogP contribution in [0.4, 0.5) is 0 Å². The minimum atomic E-state index is -5.58. The number of nitrogens with two attached hydrogens (primary N) is 2. The molecule has 4 aliphatic heterocycles. The van der Waals surface area contributed by atoms with Gasteiger partial charge < -0.3 is 145 Å². The number of phosphoric ester groups is 2. The molecule has 5 aliphatic rings. The smallest absolute Gasteiger partial charge is 0.462 e. The summed E-state index contributed by atoms with van der Waals surface area (Å²) in [7, 11) is -10.4. The number of hydrogen-bond donors (Lipinski definition) is 19. The monoisotopic (exact) mass is 1520 g/mol. The molecule has 102 heavy (non-hydrogen) atoms. The number of ether oxygens (including phenoxy) is 10. The van der Waals surface area contributed by atoms with E-state index >= 15 is 0 Å². The van der Waals surface area contributed by atoms with Crippen LogP contribution < -0.4 is 11.5 Å². The molecule has 600 valence electrons. The highest BCUT2D eigenvalue weighted by Gasteiger charge is 2.58. The Morgan fingerprint density at radius 3 is 1.32 bits per heavy atom. The van der Waals surface area contributed by atoms with E-state index in [2.05, 4.69) is 18.4 Å². The maximum atomic E-state index is 13.9. The summed E-state index contributed by atoms with van der Waals surface area (Å²) in [6, 6.07) is -1.90. The average molecular weight is 1530 g/mol. The fourth-order valence-electron chi connectivity index (χ4n) is 12.4. The number of hydrogen-bond acceptors (Lipinski definition) is 35. The van der Waals surface area contributed by atoms with Crippen LogP contribution in [-0.4, -0.2) is 317 Å². The Morgan fingerprint density at radius 2 is 0.824 bits per heavy atom. The molecule has 16 unspecified atom stereocenters. The van der Waals surface area contributed by atoms with E-state index in [0.717, 1.165) is 64.2 Å². The van der Waals surface area contributed by atoms with Crippen molar-refractivity contribution in [1.29, 1.82) is 0 Å². The standard InChI is InChI=1S/C63H118N2O35P2/c1-3-5-7-9-11-13-15-17-19-21-23-25-40(68)87-31-35(92-41(69)26-24-22-20-18-16-14-12-10-8-6-4-2)32-90-102(85,86)100-58-53(80)50(77)49(76)52(79)57(58)98-60-42(65)46(73)56(37(30-67)94-60)97-61-54(81)47(74)44(71)38(95-61)33-88-63-59(51(78)43(70)36(29-66)93-63)99-62-55(82)48(75)45(72)39(96-62)34-91-101(83,84)89-28-27-64/h35-39,42-63,66-67,70-82H,3-34,64-65H2,1-2H3,(H,83,84)(H,85,86)/t35-,36?,37?,38?,39?,42+,43-,44-,45-,46?,47?,48?,49?,50?,51?,52?,53?,54-,55-,56-,57?,58?,59-,60-,61-,62-,63+/m1/s1. The first-order chi connectivity index (χ1) is 48.5. The number of phosphoric acid groups is 2. The van der Waals surface area contributed by atoms with Gasteiger partial charge in [-0.2, -0.15) is 0 Å². The van der Waals surface area contributed by atoms with Gasteiger partial charge in [-0.1, -0.05) is 142 Å². The minimum absolute atomic E-state index is 0.0379. The van der Waals surface area contributed by atoms with Crippen molar-refractivity contribution in [3.8, 4) is 0 Å². The minimum Gasteiger partial charge on any atom is -0.462 e. The summed E-state index contributed by atoms with van der Waals surface area (Å²) in [5.74, 6) is -1.36. The summed E-state index contributed by atoms with van der Waals surface area (Å²) in [4.78, 5) is 47.3. The molecule has 4 heterocycles. The molecule has 37 nitrogen and oxygen atoms in total. The van der Waals surface area contributed by atoms with Crippen LogP contribution in [0, 0.1) is 0 Å². The number of carbonyl (C=O) groups excluding carboxylic acids is 2. The largest absolute Gasteiger partial charge is 0.472 e. The van der Waals surface area contributed by atoms with Crippen LogP contribution in [0.1, 0.15) is 168 Å². The van der Waals surface area contributed by atoms with E-state index in [4.69, 9.17) is 72.4 Å². The summed E-state index contributed by atoms with van der Waals surface area (Å²) in [6.45, 7) is -1.83. The lowest BCUT2D eigenvalue weighted by molar-refractivity contribution is -0.377. The van der Waals surface area contributed by atoms with E-state index < -0.39 is 239 Å². The molecule has 5 rings (SSSR count). The molecule has 29 atom stereocenters. The van der Waals surface area contributed by atoms with Gasteiger partial charge in [0.25, 0.3) is 0 Å². The second-order valence-electron chi connectivity index (χ2n) is 26.7. The second-order valence-corrected chi connectivity index (χ2v) is 29.6. The Bertz CT molecular complexity index is 2420. The van der Waals surface area contributed by atoms with Crippen molar-refractivity contribution in [3.05, 3.63) is 0 Å². The van der Waals surface area contributed by atoms with Gasteiger partial charge in [-0.05, 0) is 12.8 Å². The zero-order valence-electron chi connectivity index (χ0n) is 58.2. The second kappa shape index (κ2) is 46.6. The van der Waals surface area contributed by atoms with Crippen molar-refractivity contribution in [2.45, 2.75) is 333 Å². The van der Waals surface area contributed by atoms with Gasteiger partial charge in [-0.15, -0.1) is 0 Å². The molecule has 0 aromatic carbocycles. The van der Waals surface area contributed by atoms with Gasteiger partial charge in [0.2, 0.25) is 0 Å². The molecule has 4 saturated heterocycles. The molecule has 1 aliphatic carbocycles. The van der Waals surface area contributed by atoms with E-state index in [1.807, 2.05) is 0 Å². The van der Waals surface area contributed by atoms with E-state index in [0.29, 0.717) is 12.8 Å². The van der Waals surface area contributed by atoms with Gasteiger partial charge in [0.1, 0.15) is 135 Å². The molecule has 21 N–H and O–H groups in total. The first-order valence-corrected chi connectivity index (χ1v) is 38.9. The van der Waals surface area contributed by atoms with Crippen molar-refractivity contribution >= 4 is 27.6 Å². The first kappa shape index (κ1) is 90.8. The Hall–Kier alpha value is -1.84. The molecule has 0 amide bonds. The van der Waals surface area contributed by atoms with Gasteiger partial charge in [0.15, 0.2) is 31.3 Å². The summed E-state index contributed by atoms with van der Waals surface area (Å²) in [6.07, 6.45) is -30.8. The molecular formula is C63H118N2O35P2. The topological polar surface area (TPSA) is 593 Å². The van der Waals surface area contributed by atoms with Gasteiger partial charge in [0, 0.05) is 19.4 Å². The molecular weight excluding hydrogens is 1410 g/mol. The van der Waals surface area contributed by atoms with Crippen LogP contribution in [0.25, 0.3) is 0 Å². The molecule has 0 aromatic heterocycles. The van der Waals surface area contributed by atoms with Gasteiger partial charge in [0.05, 0.1) is 45.7 Å². The summed E-state index contributed by atoms with van der Waals surface area (Å²) in [5, 5.41) is 164. The van der Waals surface area contributed by atoms with Gasteiger partial charge >= 0.3 is 27.6 Å². The zero-order valence-corrected chi connectivity index (χ0v) is 60.0. The third-order valence-corrected chi connectivity index (χ3v) is 20.5. The van der Waals surface area contributed by atoms with Crippen LogP contribution in [0.5, 0.6) is 0 Å². The van der Waals surface area contributed by atoms with Gasteiger partial charge in [-0.3, -0.25) is 27.7 Å². The Kier molecular flexibility index (Phi) is 41.5. The SMILES string of the molecule is CCCCCCCCCCCCCC(=O)OC[C@H](COP(=O)(O)OC1C(O)C(O)C(O)C(O)C1O[C@H]1OC(CO)[C@@H](O[C@H]2OC(CO[C@H]3OC(CO)[C@@H](O)C(O)[C@H]3O[C@H]3OC(COP(=O)(O)OCCN)[C@@H](O)C(O)[C@H]3O)[C@@H](O)C(O)[C@H]2O)C(O)[C@@H]1N)OC(=O)CCCCCCCCCCCCC. The van der Waals surface area contributed by atoms with E-state index in [-0.39, 0.29) is 19.4 Å². The van der Waals surface area contributed by atoms with Crippen LogP contribution in [-0.2, 0) is 84.2 Å². The van der Waals surface area contributed by atoms with Crippen molar-refractivity contribution in [2.24, 2.45) is 11.5 Å². The number of unbranched alkanes of at least 4 members (excludes halogenated alkanes) is 20. The van der Waals surface area contributed by atoms with Crippen LogP contribution in [0.2, 0.25) is 0 Å². The van der Waals surface area contributed by atoms with E-state index in [9.17, 15) is 105 Å². The summed E-state index contributed by atoms with van der Waals surface area (Å²) < 4.78 is 103. The lowest BCUT2D eigenvalue weighted by atomic mass is 9.84. The van der Waals surface area contributed by atoms with Crippen molar-refractivity contribution in [1.82, 2.24) is 0 Å². The predicted octanol–water partition coefficient (Wildman–Crippen LogP) is -2.47. The van der Waals surface area contributed by atoms with Crippen molar-refractivity contribution in [2.75, 3.05) is 52.8 Å². The Balaban J connectivity index is 1.23. The molecule has 0 radical (unpaired) electrons. The third kappa shape index (κ3) is 28.5. The predicted molar refractivity (Wildman–Crippen MR) is 350 cm³/mol. The highest BCUT2D eigenvalue weighted by molar-refractivity contribution is 7.47. The lowest BCUT2D eigenvalue weighted by Crippen LogP contribution is -2.69. The first-order valence-electron chi connectivity index (χ1n) is 35.9. The maximum Gasteiger partial charge on any atom is 0.472 e. The van der Waals surface area contributed by atoms with E-state index in [1.54, 1.807) is 0 Å². The normalized spacial score (nSPS) is 36.8.